The number of hydrogen-bond acceptors (Lipinski definition) is 2. The monoisotopic (exact) mass is 292 g/mol. The van der Waals surface area contributed by atoms with Crippen molar-refractivity contribution < 1.29 is 0 Å². The highest BCUT2D eigenvalue weighted by atomic mass is 35.5. The molecule has 1 aliphatic rings. The van der Waals surface area contributed by atoms with Crippen molar-refractivity contribution in [3.63, 3.8) is 0 Å². The third kappa shape index (κ3) is 1.99. The molecule has 0 unspecified atom stereocenters. The van der Waals surface area contributed by atoms with Gasteiger partial charge in [-0.1, -0.05) is 60.1 Å². The first-order chi connectivity index (χ1) is 10.3. The molecule has 0 amide bonds. The van der Waals surface area contributed by atoms with Gasteiger partial charge in [-0.05, 0) is 28.3 Å². The van der Waals surface area contributed by atoms with Crippen molar-refractivity contribution in [3.05, 3.63) is 83.1 Å². The molecule has 0 spiro atoms. The lowest BCUT2D eigenvalue weighted by Gasteiger charge is -2.17. The molecule has 0 bridgehead atoms. The molecule has 0 saturated carbocycles. The summed E-state index contributed by atoms with van der Waals surface area (Å²) in [6.45, 7) is 0. The Hall–Kier alpha value is -2.32. The first kappa shape index (κ1) is 12.4. The second-order valence-electron chi connectivity index (χ2n) is 5.11. The van der Waals surface area contributed by atoms with Gasteiger partial charge in [0.2, 0.25) is 0 Å². The number of nitrogens with one attached hydrogen (secondary N) is 1. The normalized spacial score (nSPS) is 12.8. The standard InChI is InChI=1S/C18H13ClN2/c19-16-9-10-20-11-17(16)21-18-14-7-3-1-5-12(14)13-6-2-4-8-15(13)18/h1-11,18,21H. The molecule has 0 aliphatic heterocycles. The van der Waals surface area contributed by atoms with Crippen LogP contribution in [0.15, 0.2) is 67.0 Å². The second kappa shape index (κ2) is 4.90. The van der Waals surface area contributed by atoms with Gasteiger partial charge in [0.05, 0.1) is 22.9 Å². The van der Waals surface area contributed by atoms with Crippen LogP contribution >= 0.6 is 11.6 Å². The third-order valence-corrected chi connectivity index (χ3v) is 4.23. The Balaban J connectivity index is 1.84. The summed E-state index contributed by atoms with van der Waals surface area (Å²) in [5.74, 6) is 0. The van der Waals surface area contributed by atoms with Gasteiger partial charge >= 0.3 is 0 Å². The number of pyridine rings is 1. The fraction of sp³-hybridized carbons (Fsp3) is 0.0556. The predicted molar refractivity (Wildman–Crippen MR) is 86.6 cm³/mol. The quantitative estimate of drug-likeness (QED) is 0.725. The lowest BCUT2D eigenvalue weighted by molar-refractivity contribution is 0.970. The highest BCUT2D eigenvalue weighted by molar-refractivity contribution is 6.33. The van der Waals surface area contributed by atoms with Gasteiger partial charge in [-0.2, -0.15) is 0 Å². The molecule has 21 heavy (non-hydrogen) atoms. The van der Waals surface area contributed by atoms with Crippen LogP contribution in [0.4, 0.5) is 5.69 Å². The summed E-state index contributed by atoms with van der Waals surface area (Å²) in [5.41, 5.74) is 5.98. The van der Waals surface area contributed by atoms with E-state index in [4.69, 9.17) is 11.6 Å². The number of fused-ring (bicyclic) bond motifs is 3. The summed E-state index contributed by atoms with van der Waals surface area (Å²) in [6.07, 6.45) is 3.47. The summed E-state index contributed by atoms with van der Waals surface area (Å²) in [5, 5.41) is 4.21. The first-order valence-corrected chi connectivity index (χ1v) is 7.26. The topological polar surface area (TPSA) is 24.9 Å². The van der Waals surface area contributed by atoms with E-state index in [2.05, 4.69) is 58.8 Å². The minimum Gasteiger partial charge on any atom is -0.372 e. The Labute approximate surface area is 128 Å². The van der Waals surface area contributed by atoms with Crippen LogP contribution in [-0.4, -0.2) is 4.98 Å². The van der Waals surface area contributed by atoms with Crippen molar-refractivity contribution in [1.82, 2.24) is 4.98 Å². The molecular formula is C18H13ClN2. The van der Waals surface area contributed by atoms with Gasteiger partial charge in [0, 0.05) is 6.20 Å². The van der Waals surface area contributed by atoms with Crippen LogP contribution in [0.25, 0.3) is 11.1 Å². The average molecular weight is 293 g/mol. The third-order valence-electron chi connectivity index (χ3n) is 3.90. The Kier molecular flexibility index (Phi) is 2.90. The van der Waals surface area contributed by atoms with E-state index in [9.17, 15) is 0 Å². The number of halogens is 1. The Morgan fingerprint density at radius 3 is 2.10 bits per heavy atom. The number of anilines is 1. The molecule has 2 aromatic carbocycles. The van der Waals surface area contributed by atoms with Crippen LogP contribution in [0, 0.1) is 0 Å². The molecular weight excluding hydrogens is 280 g/mol. The van der Waals surface area contributed by atoms with Crippen molar-refractivity contribution in [3.8, 4) is 11.1 Å². The summed E-state index contributed by atoms with van der Waals surface area (Å²) >= 11 is 6.25. The van der Waals surface area contributed by atoms with E-state index in [-0.39, 0.29) is 6.04 Å². The molecule has 0 saturated heterocycles. The number of rotatable bonds is 2. The van der Waals surface area contributed by atoms with Crippen LogP contribution in [0.1, 0.15) is 17.2 Å². The molecule has 0 atom stereocenters. The minimum atomic E-state index is 0.110. The van der Waals surface area contributed by atoms with Crippen molar-refractivity contribution in [2.24, 2.45) is 0 Å². The molecule has 2 nitrogen and oxygen atoms in total. The summed E-state index contributed by atoms with van der Waals surface area (Å²) in [4.78, 5) is 4.15. The van der Waals surface area contributed by atoms with Crippen LogP contribution < -0.4 is 5.32 Å². The molecule has 1 N–H and O–H groups in total. The molecule has 4 rings (SSSR count). The van der Waals surface area contributed by atoms with E-state index in [1.807, 2.05) is 0 Å². The van der Waals surface area contributed by atoms with Crippen molar-refractivity contribution >= 4 is 17.3 Å². The lowest BCUT2D eigenvalue weighted by atomic mass is 10.1. The Bertz CT molecular complexity index is 768. The fourth-order valence-electron chi connectivity index (χ4n) is 2.95. The van der Waals surface area contributed by atoms with E-state index < -0.39 is 0 Å². The molecule has 1 aromatic heterocycles. The van der Waals surface area contributed by atoms with Gasteiger partial charge in [0.15, 0.2) is 0 Å². The highest BCUT2D eigenvalue weighted by Gasteiger charge is 2.28. The molecule has 102 valence electrons. The zero-order valence-electron chi connectivity index (χ0n) is 11.3. The molecule has 3 heteroatoms. The predicted octanol–water partition coefficient (Wildman–Crippen LogP) is 4.92. The Morgan fingerprint density at radius 1 is 0.857 bits per heavy atom. The van der Waals surface area contributed by atoms with Gasteiger partial charge in [-0.15, -0.1) is 0 Å². The molecule has 1 aliphatic carbocycles. The van der Waals surface area contributed by atoms with Crippen LogP contribution in [0.5, 0.6) is 0 Å². The SMILES string of the molecule is Clc1ccncc1NC1c2ccccc2-c2ccccc21. The van der Waals surface area contributed by atoms with Gasteiger partial charge in [-0.3, -0.25) is 4.98 Å². The van der Waals surface area contributed by atoms with Gasteiger partial charge in [-0.25, -0.2) is 0 Å². The van der Waals surface area contributed by atoms with Gasteiger partial charge in [0.1, 0.15) is 0 Å². The molecule has 0 radical (unpaired) electrons. The van der Waals surface area contributed by atoms with E-state index in [1.165, 1.54) is 22.3 Å². The van der Waals surface area contributed by atoms with Crippen molar-refractivity contribution in [1.29, 1.82) is 0 Å². The lowest BCUT2D eigenvalue weighted by Crippen LogP contribution is -2.09. The van der Waals surface area contributed by atoms with E-state index in [1.54, 1.807) is 18.5 Å². The van der Waals surface area contributed by atoms with Crippen molar-refractivity contribution in [2.75, 3.05) is 5.32 Å². The summed E-state index contributed by atoms with van der Waals surface area (Å²) < 4.78 is 0. The summed E-state index contributed by atoms with van der Waals surface area (Å²) in [7, 11) is 0. The maximum atomic E-state index is 6.25. The second-order valence-corrected chi connectivity index (χ2v) is 5.51. The number of nitrogens with zero attached hydrogens (tertiary/aromatic N) is 1. The smallest absolute Gasteiger partial charge is 0.0780 e. The van der Waals surface area contributed by atoms with Gasteiger partial charge in [0.25, 0.3) is 0 Å². The Morgan fingerprint density at radius 2 is 1.48 bits per heavy atom. The van der Waals surface area contributed by atoms with Crippen molar-refractivity contribution in [2.45, 2.75) is 6.04 Å². The van der Waals surface area contributed by atoms with Crippen LogP contribution in [0.3, 0.4) is 0 Å². The van der Waals surface area contributed by atoms with Crippen LogP contribution in [0.2, 0.25) is 5.02 Å². The highest BCUT2D eigenvalue weighted by Crippen LogP contribution is 2.45. The van der Waals surface area contributed by atoms with E-state index in [0.717, 1.165) is 5.69 Å². The zero-order valence-corrected chi connectivity index (χ0v) is 12.0. The first-order valence-electron chi connectivity index (χ1n) is 6.89. The fourth-order valence-corrected chi connectivity index (χ4v) is 3.11. The van der Waals surface area contributed by atoms with E-state index >= 15 is 0 Å². The van der Waals surface area contributed by atoms with E-state index in [0.29, 0.717) is 5.02 Å². The number of aromatic nitrogens is 1. The van der Waals surface area contributed by atoms with Crippen LogP contribution in [-0.2, 0) is 0 Å². The number of hydrogen-bond donors (Lipinski definition) is 1. The molecule has 1 heterocycles. The average Bonchev–Trinajstić information content (AvgIpc) is 2.85. The van der Waals surface area contributed by atoms with Gasteiger partial charge < -0.3 is 5.32 Å². The molecule has 0 fully saturated rings. The summed E-state index contributed by atoms with van der Waals surface area (Å²) in [6, 6.07) is 18.9. The maximum Gasteiger partial charge on any atom is 0.0780 e. The number of benzene rings is 2. The minimum absolute atomic E-state index is 0.110. The zero-order chi connectivity index (χ0) is 14.2. The molecule has 3 aromatic rings. The maximum absolute atomic E-state index is 6.25. The largest absolute Gasteiger partial charge is 0.372 e.